The van der Waals surface area contributed by atoms with E-state index in [2.05, 4.69) is 0 Å². The van der Waals surface area contributed by atoms with Gasteiger partial charge >= 0.3 is 5.97 Å². The minimum Gasteiger partial charge on any atom is -0.491 e. The number of ether oxygens (including phenoxy) is 1. The van der Waals surface area contributed by atoms with E-state index >= 15 is 0 Å². The topological polar surface area (TPSA) is 49.8 Å². The first-order chi connectivity index (χ1) is 8.93. The number of rotatable bonds is 7. The summed E-state index contributed by atoms with van der Waals surface area (Å²) in [4.78, 5) is 12.7. The summed E-state index contributed by atoms with van der Waals surface area (Å²) in [7, 11) is 0. The maximum atomic E-state index is 10.8. The number of carboxylic acid groups (broad SMARTS) is 1. The Labute approximate surface area is 115 Å². The lowest BCUT2D eigenvalue weighted by Gasteiger charge is -2.26. The molecule has 0 aliphatic carbocycles. The van der Waals surface area contributed by atoms with Crippen molar-refractivity contribution >= 4 is 5.97 Å². The van der Waals surface area contributed by atoms with Gasteiger partial charge in [0, 0.05) is 6.04 Å². The quantitative estimate of drug-likeness (QED) is 0.823. The van der Waals surface area contributed by atoms with Crippen molar-refractivity contribution in [3.8, 4) is 5.75 Å². The Hall–Kier alpha value is -1.55. The lowest BCUT2D eigenvalue weighted by Crippen LogP contribution is -2.32. The van der Waals surface area contributed by atoms with Crippen LogP contribution in [-0.4, -0.2) is 35.2 Å². The van der Waals surface area contributed by atoms with Crippen LogP contribution in [0.25, 0.3) is 0 Å². The minimum atomic E-state index is -0.798. The Balaban J connectivity index is 2.75. The minimum absolute atomic E-state index is 0.0575. The number of aliphatic carboxylic acids is 1. The van der Waals surface area contributed by atoms with Crippen molar-refractivity contribution in [1.82, 2.24) is 4.90 Å². The predicted octanol–water partition coefficient (Wildman–Crippen LogP) is 2.94. The van der Waals surface area contributed by atoms with Gasteiger partial charge in [0.15, 0.2) is 0 Å². The summed E-state index contributed by atoms with van der Waals surface area (Å²) in [5, 5.41) is 8.89. The monoisotopic (exact) mass is 265 g/mol. The zero-order chi connectivity index (χ0) is 14.4. The van der Waals surface area contributed by atoms with E-state index < -0.39 is 5.97 Å². The zero-order valence-electron chi connectivity index (χ0n) is 12.1. The van der Waals surface area contributed by atoms with Crippen molar-refractivity contribution in [3.63, 3.8) is 0 Å². The Morgan fingerprint density at radius 3 is 2.26 bits per heavy atom. The van der Waals surface area contributed by atoms with E-state index in [4.69, 9.17) is 9.84 Å². The molecule has 0 radical (unpaired) electrons. The van der Waals surface area contributed by atoms with Crippen LogP contribution in [0.3, 0.4) is 0 Å². The fourth-order valence-corrected chi connectivity index (χ4v) is 2.00. The third-order valence-electron chi connectivity index (χ3n) is 3.03. The molecule has 0 aliphatic rings. The molecule has 4 heteroatoms. The number of nitrogens with zero attached hydrogens (tertiary/aromatic N) is 1. The lowest BCUT2D eigenvalue weighted by molar-refractivity contribution is -0.138. The molecule has 1 aromatic rings. The summed E-state index contributed by atoms with van der Waals surface area (Å²) in [6.45, 7) is 8.73. The molecule has 1 atom stereocenters. The van der Waals surface area contributed by atoms with Crippen LogP contribution in [0.5, 0.6) is 5.75 Å². The number of benzene rings is 1. The Morgan fingerprint density at radius 1 is 1.26 bits per heavy atom. The van der Waals surface area contributed by atoms with Crippen molar-refractivity contribution < 1.29 is 14.6 Å². The maximum absolute atomic E-state index is 10.8. The smallest absolute Gasteiger partial charge is 0.317 e. The molecule has 0 heterocycles. The molecule has 0 saturated heterocycles. The third-order valence-corrected chi connectivity index (χ3v) is 3.03. The Bertz CT molecular complexity index is 400. The molecule has 0 saturated carbocycles. The van der Waals surface area contributed by atoms with Gasteiger partial charge in [0.05, 0.1) is 12.6 Å². The summed E-state index contributed by atoms with van der Waals surface area (Å²) < 4.78 is 5.59. The van der Waals surface area contributed by atoms with Gasteiger partial charge in [-0.3, -0.25) is 9.69 Å². The highest BCUT2D eigenvalue weighted by Gasteiger charge is 2.16. The molecular weight excluding hydrogens is 242 g/mol. The fourth-order valence-electron chi connectivity index (χ4n) is 2.00. The first-order valence-electron chi connectivity index (χ1n) is 6.66. The van der Waals surface area contributed by atoms with Gasteiger partial charge in [0.25, 0.3) is 0 Å². The highest BCUT2D eigenvalue weighted by atomic mass is 16.5. The molecule has 0 fully saturated rings. The van der Waals surface area contributed by atoms with Gasteiger partial charge in [-0.25, -0.2) is 0 Å². The van der Waals surface area contributed by atoms with Crippen LogP contribution in [-0.2, 0) is 4.79 Å². The van der Waals surface area contributed by atoms with Crippen LogP contribution >= 0.6 is 0 Å². The zero-order valence-corrected chi connectivity index (χ0v) is 12.1. The van der Waals surface area contributed by atoms with Crippen molar-refractivity contribution in [3.05, 3.63) is 29.8 Å². The highest BCUT2D eigenvalue weighted by molar-refractivity contribution is 5.69. The number of carboxylic acids is 1. The third kappa shape index (κ3) is 4.91. The van der Waals surface area contributed by atoms with Gasteiger partial charge < -0.3 is 9.84 Å². The van der Waals surface area contributed by atoms with Gasteiger partial charge in [-0.15, -0.1) is 0 Å². The van der Waals surface area contributed by atoms with Gasteiger partial charge in [-0.05, 0) is 45.0 Å². The van der Waals surface area contributed by atoms with Crippen LogP contribution < -0.4 is 4.74 Å². The largest absolute Gasteiger partial charge is 0.491 e. The van der Waals surface area contributed by atoms with E-state index in [1.807, 2.05) is 56.9 Å². The molecule has 0 amide bonds. The van der Waals surface area contributed by atoms with Crippen molar-refractivity contribution in [2.45, 2.75) is 39.8 Å². The Morgan fingerprint density at radius 2 is 1.84 bits per heavy atom. The van der Waals surface area contributed by atoms with Gasteiger partial charge in [0.2, 0.25) is 0 Å². The van der Waals surface area contributed by atoms with E-state index in [1.54, 1.807) is 0 Å². The average molecular weight is 265 g/mol. The molecule has 0 spiro atoms. The summed E-state index contributed by atoms with van der Waals surface area (Å²) in [6, 6.07) is 7.93. The lowest BCUT2D eigenvalue weighted by atomic mass is 10.1. The highest BCUT2D eigenvalue weighted by Crippen LogP contribution is 2.22. The molecule has 1 rings (SSSR count). The summed E-state index contributed by atoms with van der Waals surface area (Å²) in [6.07, 6.45) is 0.155. The average Bonchev–Trinajstić information content (AvgIpc) is 2.35. The van der Waals surface area contributed by atoms with Gasteiger partial charge in [0.1, 0.15) is 5.75 Å². The molecule has 0 aromatic heterocycles. The molecular formula is C15H23NO3. The van der Waals surface area contributed by atoms with Crippen LogP contribution in [0.1, 0.15) is 39.3 Å². The molecule has 1 aromatic carbocycles. The second kappa shape index (κ2) is 7.14. The standard InChI is InChI=1S/C15H23NO3/c1-5-16(10-15(17)18)12(4)13-6-8-14(9-7-13)19-11(2)3/h6-9,11-12H,5,10H2,1-4H3,(H,17,18). The van der Waals surface area contributed by atoms with E-state index in [-0.39, 0.29) is 18.7 Å². The van der Waals surface area contributed by atoms with Crippen molar-refractivity contribution in [1.29, 1.82) is 0 Å². The molecule has 106 valence electrons. The molecule has 0 bridgehead atoms. The van der Waals surface area contributed by atoms with E-state index in [9.17, 15) is 4.79 Å². The number of hydrogen-bond acceptors (Lipinski definition) is 3. The summed E-state index contributed by atoms with van der Waals surface area (Å²) in [5.41, 5.74) is 1.10. The molecule has 1 unspecified atom stereocenters. The first kappa shape index (κ1) is 15.5. The van der Waals surface area contributed by atoms with Gasteiger partial charge in [-0.1, -0.05) is 19.1 Å². The second-order valence-corrected chi connectivity index (χ2v) is 4.87. The Kier molecular flexibility index (Phi) is 5.83. The number of hydrogen-bond donors (Lipinski definition) is 1. The normalized spacial score (nSPS) is 12.7. The number of carbonyl (C=O) groups is 1. The molecule has 1 N–H and O–H groups in total. The fraction of sp³-hybridized carbons (Fsp3) is 0.533. The summed E-state index contributed by atoms with van der Waals surface area (Å²) in [5.74, 6) is 0.0423. The second-order valence-electron chi connectivity index (χ2n) is 4.87. The molecule has 4 nitrogen and oxygen atoms in total. The summed E-state index contributed by atoms with van der Waals surface area (Å²) >= 11 is 0. The maximum Gasteiger partial charge on any atom is 0.317 e. The van der Waals surface area contributed by atoms with E-state index in [1.165, 1.54) is 0 Å². The van der Waals surface area contributed by atoms with Crippen molar-refractivity contribution in [2.75, 3.05) is 13.1 Å². The molecule has 0 aliphatic heterocycles. The van der Waals surface area contributed by atoms with Crippen LogP contribution in [0.15, 0.2) is 24.3 Å². The SMILES string of the molecule is CCN(CC(=O)O)C(C)c1ccc(OC(C)C)cc1. The molecule has 19 heavy (non-hydrogen) atoms. The van der Waals surface area contributed by atoms with Crippen LogP contribution in [0.4, 0.5) is 0 Å². The predicted molar refractivity (Wildman–Crippen MR) is 75.5 cm³/mol. The van der Waals surface area contributed by atoms with Crippen molar-refractivity contribution in [2.24, 2.45) is 0 Å². The van der Waals surface area contributed by atoms with Crippen LogP contribution in [0, 0.1) is 0 Å². The first-order valence-corrected chi connectivity index (χ1v) is 6.66. The van der Waals surface area contributed by atoms with E-state index in [0.717, 1.165) is 11.3 Å². The van der Waals surface area contributed by atoms with Gasteiger partial charge in [-0.2, -0.15) is 0 Å². The van der Waals surface area contributed by atoms with Crippen LogP contribution in [0.2, 0.25) is 0 Å². The van der Waals surface area contributed by atoms with E-state index in [0.29, 0.717) is 6.54 Å². The number of likely N-dealkylation sites (N-methyl/N-ethyl adjacent to an activating group) is 1.